The van der Waals surface area contributed by atoms with Crippen LogP contribution in [0.5, 0.6) is 0 Å². The smallest absolute Gasteiger partial charge is 0.385 e. The highest BCUT2D eigenvalue weighted by Gasteiger charge is 2.37. The first-order valence-electron chi connectivity index (χ1n) is 8.47. The lowest BCUT2D eigenvalue weighted by Crippen LogP contribution is -2.19. The molecule has 2 rings (SSSR count). The number of amides is 2. The number of carbonyl (C=O) groups excluding carboxylic acids is 2. The highest BCUT2D eigenvalue weighted by atomic mass is 19.4. The Labute approximate surface area is 171 Å². The van der Waals surface area contributed by atoms with Crippen molar-refractivity contribution in [3.63, 3.8) is 0 Å². The van der Waals surface area contributed by atoms with Crippen molar-refractivity contribution in [3.8, 4) is 0 Å². The molecule has 0 atom stereocenters. The summed E-state index contributed by atoms with van der Waals surface area (Å²) >= 11 is 0. The summed E-state index contributed by atoms with van der Waals surface area (Å²) in [5.41, 5.74) is -2.43. The van der Waals surface area contributed by atoms with E-state index in [2.05, 4.69) is 15.3 Å². The van der Waals surface area contributed by atoms with Crippen molar-refractivity contribution in [2.24, 2.45) is 5.16 Å². The van der Waals surface area contributed by atoms with E-state index in [1.54, 1.807) is 24.3 Å². The third-order valence-electron chi connectivity index (χ3n) is 3.63. The molecule has 2 amide bonds. The summed E-state index contributed by atoms with van der Waals surface area (Å²) in [6.07, 6.45) is -9.39. The van der Waals surface area contributed by atoms with E-state index < -0.39 is 47.6 Å². The van der Waals surface area contributed by atoms with E-state index >= 15 is 0 Å². The normalized spacial score (nSPS) is 12.0. The maximum Gasteiger partial charge on any atom is 0.416 e. The SMILES string of the molecule is Cc1ccc(NC(=O)C=NOCC(=O)Nc2cc(C(F)(F)F)cc(C(F)(F)F)c2)cc1. The topological polar surface area (TPSA) is 79.8 Å². The maximum atomic E-state index is 12.8. The zero-order valence-corrected chi connectivity index (χ0v) is 15.8. The number of hydrogen-bond donors (Lipinski definition) is 2. The molecule has 0 saturated heterocycles. The average molecular weight is 447 g/mol. The summed E-state index contributed by atoms with van der Waals surface area (Å²) in [6.45, 7) is 1.00. The van der Waals surface area contributed by atoms with Gasteiger partial charge in [-0.25, -0.2) is 0 Å². The number of nitrogens with one attached hydrogen (secondary N) is 2. The molecule has 0 saturated carbocycles. The molecule has 31 heavy (non-hydrogen) atoms. The van der Waals surface area contributed by atoms with Crippen LogP contribution in [0.4, 0.5) is 37.7 Å². The predicted octanol–water partition coefficient (Wildman–Crippen LogP) is 4.61. The van der Waals surface area contributed by atoms with Crippen LogP contribution in [0.3, 0.4) is 0 Å². The minimum atomic E-state index is -5.05. The van der Waals surface area contributed by atoms with Crippen molar-refractivity contribution in [3.05, 3.63) is 59.2 Å². The van der Waals surface area contributed by atoms with Gasteiger partial charge in [-0.2, -0.15) is 26.3 Å². The Morgan fingerprint density at radius 1 is 0.903 bits per heavy atom. The molecule has 12 heteroatoms. The lowest BCUT2D eigenvalue weighted by molar-refractivity contribution is -0.143. The van der Waals surface area contributed by atoms with Crippen molar-refractivity contribution < 1.29 is 40.8 Å². The summed E-state index contributed by atoms with van der Waals surface area (Å²) in [7, 11) is 0. The van der Waals surface area contributed by atoms with Gasteiger partial charge in [-0.3, -0.25) is 9.59 Å². The number of nitrogens with zero attached hydrogens (tertiary/aromatic N) is 1. The molecule has 0 aliphatic carbocycles. The molecule has 166 valence electrons. The van der Waals surface area contributed by atoms with E-state index in [-0.39, 0.29) is 6.07 Å². The number of halogens is 6. The fourth-order valence-electron chi connectivity index (χ4n) is 2.22. The third kappa shape index (κ3) is 7.64. The monoisotopic (exact) mass is 447 g/mol. The van der Waals surface area contributed by atoms with Gasteiger partial charge in [0.2, 0.25) is 0 Å². The molecule has 0 aliphatic rings. The lowest BCUT2D eigenvalue weighted by atomic mass is 10.1. The molecule has 2 N–H and O–H groups in total. The summed E-state index contributed by atoms with van der Waals surface area (Å²) in [5, 5.41) is 7.54. The standard InChI is InChI=1S/C19H15F6N3O3/c1-11-2-4-14(5-3-11)27-16(29)9-26-31-10-17(30)28-15-7-12(18(20,21)22)6-13(8-15)19(23,24)25/h2-9H,10H2,1H3,(H,27,29)(H,28,30). The quantitative estimate of drug-likeness (QED) is 0.386. The van der Waals surface area contributed by atoms with Crippen LogP contribution in [0.25, 0.3) is 0 Å². The molecule has 0 heterocycles. The van der Waals surface area contributed by atoms with Crippen LogP contribution in [0.1, 0.15) is 16.7 Å². The minimum absolute atomic E-state index is 0.0664. The highest BCUT2D eigenvalue weighted by molar-refractivity contribution is 6.31. The van der Waals surface area contributed by atoms with Crippen molar-refractivity contribution in [1.82, 2.24) is 0 Å². The molecule has 2 aromatic carbocycles. The number of hydrogen-bond acceptors (Lipinski definition) is 4. The van der Waals surface area contributed by atoms with Crippen molar-refractivity contribution in [2.75, 3.05) is 17.2 Å². The number of alkyl halides is 6. The molecule has 0 aliphatic heterocycles. The molecule has 0 aromatic heterocycles. The summed E-state index contributed by atoms with van der Waals surface area (Å²) in [5.74, 6) is -1.76. The van der Waals surface area contributed by atoms with Gasteiger partial charge >= 0.3 is 12.4 Å². The Morgan fingerprint density at radius 2 is 1.45 bits per heavy atom. The maximum absolute atomic E-state index is 12.8. The molecule has 2 aromatic rings. The van der Waals surface area contributed by atoms with Gasteiger partial charge in [0.1, 0.15) is 6.21 Å². The number of benzene rings is 2. The largest absolute Gasteiger partial charge is 0.416 e. The van der Waals surface area contributed by atoms with Crippen LogP contribution in [0.15, 0.2) is 47.6 Å². The zero-order valence-electron chi connectivity index (χ0n) is 15.8. The summed E-state index contributed by atoms with van der Waals surface area (Å²) < 4.78 is 76.9. The van der Waals surface area contributed by atoms with E-state index in [0.29, 0.717) is 24.0 Å². The molecule has 0 fully saturated rings. The third-order valence-corrected chi connectivity index (χ3v) is 3.63. The average Bonchev–Trinajstić information content (AvgIpc) is 2.65. The van der Waals surface area contributed by atoms with Gasteiger partial charge in [-0.05, 0) is 37.3 Å². The molecule has 0 bridgehead atoms. The first-order valence-corrected chi connectivity index (χ1v) is 8.47. The Hall–Kier alpha value is -3.57. The first kappa shape index (κ1) is 23.7. The Balaban J connectivity index is 1.94. The van der Waals surface area contributed by atoms with E-state index in [1.165, 1.54) is 0 Å². The fourth-order valence-corrected chi connectivity index (χ4v) is 2.22. The predicted molar refractivity (Wildman–Crippen MR) is 99.3 cm³/mol. The van der Waals surface area contributed by atoms with Gasteiger partial charge < -0.3 is 15.5 Å². The second kappa shape index (κ2) is 9.49. The van der Waals surface area contributed by atoms with Gasteiger partial charge in [0, 0.05) is 11.4 Å². The van der Waals surface area contributed by atoms with Crippen molar-refractivity contribution >= 4 is 29.4 Å². The van der Waals surface area contributed by atoms with E-state index in [4.69, 9.17) is 0 Å². The van der Waals surface area contributed by atoms with Gasteiger partial charge in [-0.1, -0.05) is 22.9 Å². The van der Waals surface area contributed by atoms with Gasteiger partial charge in [0.25, 0.3) is 11.8 Å². The molecule has 6 nitrogen and oxygen atoms in total. The van der Waals surface area contributed by atoms with Gasteiger partial charge in [0.15, 0.2) is 6.61 Å². The van der Waals surface area contributed by atoms with Crippen LogP contribution in [-0.4, -0.2) is 24.6 Å². The molecule has 0 radical (unpaired) electrons. The van der Waals surface area contributed by atoms with E-state index in [1.807, 2.05) is 12.2 Å². The number of anilines is 2. The molecule has 0 spiro atoms. The Bertz CT molecular complexity index is 937. The lowest BCUT2D eigenvalue weighted by Gasteiger charge is -2.14. The Kier molecular flexibility index (Phi) is 7.26. The second-order valence-electron chi connectivity index (χ2n) is 6.21. The van der Waals surface area contributed by atoms with Crippen LogP contribution >= 0.6 is 0 Å². The zero-order chi connectivity index (χ0) is 23.2. The van der Waals surface area contributed by atoms with Crippen LogP contribution in [0, 0.1) is 6.92 Å². The Morgan fingerprint density at radius 3 is 1.97 bits per heavy atom. The minimum Gasteiger partial charge on any atom is -0.385 e. The first-order chi connectivity index (χ1) is 14.3. The van der Waals surface area contributed by atoms with Crippen LogP contribution in [-0.2, 0) is 26.8 Å². The van der Waals surface area contributed by atoms with Crippen LogP contribution < -0.4 is 10.6 Å². The van der Waals surface area contributed by atoms with Crippen molar-refractivity contribution in [1.29, 1.82) is 0 Å². The van der Waals surface area contributed by atoms with E-state index in [0.717, 1.165) is 5.56 Å². The number of oxime groups is 1. The fraction of sp³-hybridized carbons (Fsp3) is 0.211. The van der Waals surface area contributed by atoms with Gasteiger partial charge in [0.05, 0.1) is 11.1 Å². The molecular formula is C19H15F6N3O3. The van der Waals surface area contributed by atoms with E-state index in [9.17, 15) is 35.9 Å². The van der Waals surface area contributed by atoms with Gasteiger partial charge in [-0.15, -0.1) is 0 Å². The number of aryl methyl sites for hydroxylation is 1. The number of carbonyl (C=O) groups is 2. The second-order valence-corrected chi connectivity index (χ2v) is 6.21. The summed E-state index contributed by atoms with van der Waals surface area (Å²) in [4.78, 5) is 27.9. The number of rotatable bonds is 6. The summed E-state index contributed by atoms with van der Waals surface area (Å²) in [6, 6.07) is 7.43. The highest BCUT2D eigenvalue weighted by Crippen LogP contribution is 2.37. The molecular weight excluding hydrogens is 432 g/mol. The van der Waals surface area contributed by atoms with Crippen molar-refractivity contribution in [2.45, 2.75) is 19.3 Å². The molecule has 0 unspecified atom stereocenters. The van der Waals surface area contributed by atoms with Crippen LogP contribution in [0.2, 0.25) is 0 Å².